The highest BCUT2D eigenvalue weighted by Crippen LogP contribution is 2.28. The highest BCUT2D eigenvalue weighted by Gasteiger charge is 2.18. The minimum Gasteiger partial charge on any atom is -0.280 e. The molecule has 0 spiro atoms. The van der Waals surface area contributed by atoms with Gasteiger partial charge < -0.3 is 0 Å². The quantitative estimate of drug-likeness (QED) is 0.533. The third-order valence-corrected chi connectivity index (χ3v) is 6.93. The van der Waals surface area contributed by atoms with Crippen molar-refractivity contribution < 1.29 is 8.42 Å². The van der Waals surface area contributed by atoms with Gasteiger partial charge in [0, 0.05) is 28.4 Å². The summed E-state index contributed by atoms with van der Waals surface area (Å²) in [5.74, 6) is 0. The van der Waals surface area contributed by atoms with Gasteiger partial charge in [-0.2, -0.15) is 0 Å². The summed E-state index contributed by atoms with van der Waals surface area (Å²) >= 11 is 1.37. The monoisotopic (exact) mass is 425 g/mol. The van der Waals surface area contributed by atoms with E-state index in [0.717, 1.165) is 11.1 Å². The molecule has 2 heterocycles. The zero-order valence-electron chi connectivity index (χ0n) is 16.1. The topological polar surface area (TPSA) is 80.5 Å². The Morgan fingerprint density at radius 3 is 2.62 bits per heavy atom. The van der Waals surface area contributed by atoms with Crippen molar-refractivity contribution >= 4 is 32.0 Å². The molecule has 0 atom stereocenters. The lowest BCUT2D eigenvalue weighted by Gasteiger charge is -2.12. The number of thiazole rings is 1. The Kier molecular flexibility index (Phi) is 4.76. The number of aryl methyl sites for hydroxylation is 3. The van der Waals surface area contributed by atoms with Gasteiger partial charge >= 0.3 is 0 Å². The highest BCUT2D eigenvalue weighted by molar-refractivity contribution is 7.92. The molecule has 0 bridgehead atoms. The van der Waals surface area contributed by atoms with Crippen LogP contribution in [-0.4, -0.2) is 17.8 Å². The molecule has 6 nitrogen and oxygen atoms in total. The number of nitrogens with one attached hydrogen (secondary N) is 1. The molecule has 148 valence electrons. The number of rotatable bonds is 4. The van der Waals surface area contributed by atoms with Crippen molar-refractivity contribution in [1.82, 2.24) is 9.38 Å². The van der Waals surface area contributed by atoms with Gasteiger partial charge in [0.2, 0.25) is 0 Å². The van der Waals surface area contributed by atoms with Crippen LogP contribution in [0.5, 0.6) is 0 Å². The van der Waals surface area contributed by atoms with Crippen molar-refractivity contribution in [3.8, 4) is 11.3 Å². The third-order valence-electron chi connectivity index (χ3n) is 4.58. The van der Waals surface area contributed by atoms with E-state index in [1.165, 1.54) is 21.8 Å². The van der Waals surface area contributed by atoms with Crippen molar-refractivity contribution in [3.63, 3.8) is 0 Å². The molecule has 2 aromatic heterocycles. The van der Waals surface area contributed by atoms with Gasteiger partial charge in [0.25, 0.3) is 15.6 Å². The van der Waals surface area contributed by atoms with Crippen molar-refractivity contribution in [2.75, 3.05) is 4.72 Å². The Morgan fingerprint density at radius 2 is 1.83 bits per heavy atom. The number of benzene rings is 2. The summed E-state index contributed by atoms with van der Waals surface area (Å²) in [5, 5.41) is 1.85. The molecular formula is C21H19N3O3S2. The standard InChI is InChI=1S/C21H19N3O3S2/c1-13-7-8-14(2)19(9-13)29(26,27)23-17-6-4-5-16(11-17)18-12-28-21-22-15(3)10-20(25)24(18)21/h4-12,23H,1-3H3. The van der Waals surface area contributed by atoms with Crippen LogP contribution in [0.2, 0.25) is 0 Å². The molecule has 0 aliphatic rings. The zero-order valence-corrected chi connectivity index (χ0v) is 17.8. The van der Waals surface area contributed by atoms with Gasteiger partial charge in [0.15, 0.2) is 4.96 Å². The minimum atomic E-state index is -3.74. The van der Waals surface area contributed by atoms with Crippen LogP contribution < -0.4 is 10.3 Å². The van der Waals surface area contributed by atoms with Gasteiger partial charge in [-0.25, -0.2) is 13.4 Å². The van der Waals surface area contributed by atoms with E-state index in [1.54, 1.807) is 44.2 Å². The molecule has 2 aromatic carbocycles. The van der Waals surface area contributed by atoms with Crippen LogP contribution in [0.4, 0.5) is 5.69 Å². The molecule has 0 amide bonds. The second-order valence-electron chi connectivity index (χ2n) is 6.93. The molecule has 1 N–H and O–H groups in total. The Bertz CT molecular complexity index is 1400. The first-order chi connectivity index (χ1) is 13.7. The first-order valence-electron chi connectivity index (χ1n) is 8.93. The van der Waals surface area contributed by atoms with Crippen LogP contribution in [0.3, 0.4) is 0 Å². The zero-order chi connectivity index (χ0) is 20.8. The Balaban J connectivity index is 1.76. The second kappa shape index (κ2) is 7.13. The maximum atomic E-state index is 12.9. The fourth-order valence-electron chi connectivity index (χ4n) is 3.18. The first-order valence-corrected chi connectivity index (χ1v) is 11.3. The lowest BCUT2D eigenvalue weighted by Crippen LogP contribution is -2.15. The van der Waals surface area contributed by atoms with Crippen LogP contribution in [0.15, 0.2) is 63.6 Å². The van der Waals surface area contributed by atoms with Crippen molar-refractivity contribution in [2.45, 2.75) is 25.7 Å². The fourth-order valence-corrected chi connectivity index (χ4v) is 5.51. The number of nitrogens with zero attached hydrogens (tertiary/aromatic N) is 2. The van der Waals surface area contributed by atoms with E-state index < -0.39 is 10.0 Å². The summed E-state index contributed by atoms with van der Waals surface area (Å²) in [6.45, 7) is 5.40. The van der Waals surface area contributed by atoms with Crippen LogP contribution in [-0.2, 0) is 10.0 Å². The van der Waals surface area contributed by atoms with E-state index in [4.69, 9.17) is 0 Å². The first kappa shape index (κ1) is 19.4. The largest absolute Gasteiger partial charge is 0.280 e. The van der Waals surface area contributed by atoms with E-state index in [0.29, 0.717) is 27.6 Å². The van der Waals surface area contributed by atoms with Gasteiger partial charge in [0.05, 0.1) is 10.6 Å². The summed E-state index contributed by atoms with van der Waals surface area (Å²) in [5.41, 5.74) is 3.88. The van der Waals surface area contributed by atoms with E-state index >= 15 is 0 Å². The lowest BCUT2D eigenvalue weighted by atomic mass is 10.1. The lowest BCUT2D eigenvalue weighted by molar-refractivity contribution is 0.600. The summed E-state index contributed by atoms with van der Waals surface area (Å²) in [6, 6.07) is 13.8. The number of aromatic nitrogens is 2. The smallest absolute Gasteiger partial charge is 0.262 e. The van der Waals surface area contributed by atoms with Crippen molar-refractivity contribution in [1.29, 1.82) is 0 Å². The van der Waals surface area contributed by atoms with Crippen molar-refractivity contribution in [2.24, 2.45) is 0 Å². The predicted molar refractivity (Wildman–Crippen MR) is 116 cm³/mol. The number of sulfonamides is 1. The molecule has 4 aromatic rings. The highest BCUT2D eigenvalue weighted by atomic mass is 32.2. The van der Waals surface area contributed by atoms with E-state index in [2.05, 4.69) is 9.71 Å². The summed E-state index contributed by atoms with van der Waals surface area (Å²) in [7, 11) is -3.74. The van der Waals surface area contributed by atoms with E-state index in [9.17, 15) is 13.2 Å². The molecule has 8 heteroatoms. The van der Waals surface area contributed by atoms with Crippen LogP contribution in [0, 0.1) is 20.8 Å². The Morgan fingerprint density at radius 1 is 1.03 bits per heavy atom. The van der Waals surface area contributed by atoms with Crippen LogP contribution >= 0.6 is 11.3 Å². The molecule has 0 fully saturated rings. The number of hydrogen-bond acceptors (Lipinski definition) is 5. The predicted octanol–water partition coefficient (Wildman–Crippen LogP) is 4.15. The molecule has 0 radical (unpaired) electrons. The molecule has 0 saturated carbocycles. The van der Waals surface area contributed by atoms with Gasteiger partial charge in [-0.15, -0.1) is 11.3 Å². The van der Waals surface area contributed by atoms with Gasteiger partial charge in [-0.3, -0.25) is 13.9 Å². The van der Waals surface area contributed by atoms with E-state index in [-0.39, 0.29) is 10.5 Å². The molecule has 4 rings (SSSR count). The third kappa shape index (κ3) is 3.68. The molecule has 29 heavy (non-hydrogen) atoms. The maximum absolute atomic E-state index is 12.9. The summed E-state index contributed by atoms with van der Waals surface area (Å²) in [4.78, 5) is 17.7. The molecule has 0 aliphatic carbocycles. The minimum absolute atomic E-state index is 0.162. The number of hydrogen-bond donors (Lipinski definition) is 1. The summed E-state index contributed by atoms with van der Waals surface area (Å²) < 4.78 is 30.0. The van der Waals surface area contributed by atoms with Crippen molar-refractivity contribution in [3.05, 3.63) is 81.1 Å². The Hall–Kier alpha value is -2.97. The maximum Gasteiger partial charge on any atom is 0.262 e. The van der Waals surface area contributed by atoms with Gasteiger partial charge in [0.1, 0.15) is 0 Å². The normalized spacial score (nSPS) is 11.7. The number of anilines is 1. The average Bonchev–Trinajstić information content (AvgIpc) is 3.07. The second-order valence-corrected chi connectivity index (χ2v) is 9.42. The molecule has 0 saturated heterocycles. The average molecular weight is 426 g/mol. The molecular weight excluding hydrogens is 406 g/mol. The van der Waals surface area contributed by atoms with Crippen LogP contribution in [0.1, 0.15) is 16.8 Å². The SMILES string of the molecule is Cc1ccc(C)c(S(=O)(=O)Nc2cccc(-c3csc4nc(C)cc(=O)n34)c2)c1. The fraction of sp³-hybridized carbons (Fsp3) is 0.143. The Labute approximate surface area is 172 Å². The number of fused-ring (bicyclic) bond motifs is 1. The summed E-state index contributed by atoms with van der Waals surface area (Å²) in [6.07, 6.45) is 0. The molecule has 0 unspecified atom stereocenters. The van der Waals surface area contributed by atoms with Gasteiger partial charge in [-0.05, 0) is 50.1 Å². The van der Waals surface area contributed by atoms with Gasteiger partial charge in [-0.1, -0.05) is 24.3 Å². The van der Waals surface area contributed by atoms with Crippen LogP contribution in [0.25, 0.3) is 16.2 Å². The van der Waals surface area contributed by atoms with E-state index in [1.807, 2.05) is 24.4 Å². The molecule has 0 aliphatic heterocycles.